The van der Waals surface area contributed by atoms with E-state index in [1.54, 1.807) is 85.4 Å². The lowest BCUT2D eigenvalue weighted by Gasteiger charge is -2.34. The van der Waals surface area contributed by atoms with Crippen LogP contribution in [0.5, 0.6) is 0 Å². The summed E-state index contributed by atoms with van der Waals surface area (Å²) in [6.07, 6.45) is -5.03. The smallest absolute Gasteiger partial charge is 0.259 e. The highest BCUT2D eigenvalue weighted by atomic mass is 35.5. The van der Waals surface area contributed by atoms with Crippen LogP contribution in [0.3, 0.4) is 0 Å². The first kappa shape index (κ1) is 54.2. The first-order chi connectivity index (χ1) is 32.4. The molecular weight excluding hydrogens is 945 g/mol. The summed E-state index contributed by atoms with van der Waals surface area (Å²) < 4.78 is 11.0. The number of nitrogens with one attached hydrogen (secondary N) is 4. The minimum atomic E-state index is -1.74. The van der Waals surface area contributed by atoms with Crippen molar-refractivity contribution in [2.45, 2.75) is 71.1 Å². The molecule has 4 aliphatic rings. The number of aliphatic hydroxyl groups is 2. The van der Waals surface area contributed by atoms with Gasteiger partial charge in [0.2, 0.25) is 0 Å². The highest BCUT2D eigenvalue weighted by Gasteiger charge is 2.42. The van der Waals surface area contributed by atoms with Crippen molar-refractivity contribution in [2.24, 2.45) is 5.73 Å². The molecule has 8 N–H and O–H groups in total. The average Bonchev–Trinajstić information content (AvgIpc) is 3.78. The first-order valence-corrected chi connectivity index (χ1v) is 22.2. The second-order valence-electron chi connectivity index (χ2n) is 16.9. The van der Waals surface area contributed by atoms with Crippen LogP contribution in [0.2, 0.25) is 0 Å². The first-order valence-electron chi connectivity index (χ1n) is 22.2. The Labute approximate surface area is 417 Å². The Hall–Kier alpha value is -6.74. The number of anilines is 4. The molecule has 21 heteroatoms. The van der Waals surface area contributed by atoms with Gasteiger partial charge in [-0.3, -0.25) is 34.2 Å². The number of morpholine rings is 2. The molecule has 0 spiro atoms. The Morgan fingerprint density at radius 1 is 0.671 bits per heavy atom. The monoisotopic (exact) mass is 1000 g/mol. The largest absolute Gasteiger partial charge is 0.384 e. The molecule has 6 amide bonds. The number of benzene rings is 4. The average molecular weight is 1000 g/mol. The zero-order valence-electron chi connectivity index (χ0n) is 39.2. The topological polar surface area (TPSA) is 272 Å². The summed E-state index contributed by atoms with van der Waals surface area (Å²) in [5.74, 6) is -2.95. The highest BCUT2D eigenvalue weighted by molar-refractivity contribution is 6.07. The van der Waals surface area contributed by atoms with Gasteiger partial charge in [0.1, 0.15) is 5.84 Å². The second-order valence-corrected chi connectivity index (χ2v) is 16.9. The number of rotatable bonds is 12. The molecule has 4 heterocycles. The normalized spacial score (nSPS) is 18.1. The number of aliphatic hydroxyl groups excluding tert-OH is 2. The SMILES string of the molecule is CCc1cc(C(=N)N)ccc1NC(=O)[C@H](O)[C@H]1OCCN(c2ccc3c(c2)C(=O)N(C)C3)C1=O.CCc1cc(C(C)=N)ccc1NC(=O)[C@H](O)[C@H]1OCCN(c2ccc3c(c2)C(=O)N(C)C3)C1=O.Cl.Cl. The fourth-order valence-electron chi connectivity index (χ4n) is 8.49. The third-order valence-electron chi connectivity index (χ3n) is 12.4. The molecule has 372 valence electrons. The number of ether oxygens (including phenoxy) is 2. The molecule has 2 saturated heterocycles. The van der Waals surface area contributed by atoms with Crippen molar-refractivity contribution < 1.29 is 48.5 Å². The van der Waals surface area contributed by atoms with Crippen molar-refractivity contribution in [2.75, 3.05) is 60.8 Å². The van der Waals surface area contributed by atoms with E-state index in [0.29, 0.717) is 71.1 Å². The predicted octanol–water partition coefficient (Wildman–Crippen LogP) is 3.65. The van der Waals surface area contributed by atoms with Crippen LogP contribution >= 0.6 is 24.8 Å². The molecule has 19 nitrogen and oxygen atoms in total. The van der Waals surface area contributed by atoms with Crippen molar-refractivity contribution in [3.63, 3.8) is 0 Å². The molecule has 4 atom stereocenters. The standard InChI is InChI=1S/C25H28N4O5.C24H27N5O5.2ClH/c1-4-15-11-16(14(2)26)6-8-20(15)27-23(31)21(30)22-25(33)29(9-10-34-22)18-7-5-17-13-28(3)24(32)19(17)12-18;1-3-13-10-14(21(25)26)5-7-18(13)27-22(31)19(30)20-24(33)29(8-9-34-20)16-6-4-15-12-28(2)23(32)17(15)11-16;;/h5-8,11-12,21-22,26,30H,4,9-10,13H2,1-3H3,(H,27,31);4-7,10-11,19-20,30H,3,8-9,12H2,1-2H3,(H3,25,26)(H,27,31);2*1H/t21-,22-;19-,20-;;/m11../s1. The van der Waals surface area contributed by atoms with Gasteiger partial charge in [-0.25, -0.2) is 0 Å². The van der Waals surface area contributed by atoms with E-state index in [2.05, 4.69) is 10.6 Å². The molecule has 4 aromatic carbocycles. The molecular formula is C49H57Cl2N9O10. The number of hydrogen-bond acceptors (Lipinski definition) is 12. The van der Waals surface area contributed by atoms with Gasteiger partial charge in [-0.15, -0.1) is 24.8 Å². The van der Waals surface area contributed by atoms with E-state index >= 15 is 0 Å². The number of carbonyl (C=O) groups is 6. The Kier molecular flexibility index (Phi) is 17.6. The minimum absolute atomic E-state index is 0. The Balaban J connectivity index is 0.000000254. The second kappa shape index (κ2) is 22.8. The zero-order valence-corrected chi connectivity index (χ0v) is 40.9. The van der Waals surface area contributed by atoms with Crippen LogP contribution in [-0.2, 0) is 54.6 Å². The molecule has 70 heavy (non-hydrogen) atoms. The van der Waals surface area contributed by atoms with Crippen molar-refractivity contribution in [3.05, 3.63) is 117 Å². The summed E-state index contributed by atoms with van der Waals surface area (Å²) >= 11 is 0. The summed E-state index contributed by atoms with van der Waals surface area (Å²) in [6.45, 7) is 7.27. The fraction of sp³-hybridized carbons (Fsp3) is 0.347. The number of amides is 6. The lowest BCUT2D eigenvalue weighted by atomic mass is 10.0. The lowest BCUT2D eigenvalue weighted by Crippen LogP contribution is -2.55. The van der Waals surface area contributed by atoms with Crippen molar-refractivity contribution >= 4 is 94.6 Å². The van der Waals surface area contributed by atoms with Gasteiger partial charge in [-0.05, 0) is 102 Å². The maximum Gasteiger partial charge on any atom is 0.259 e. The van der Waals surface area contributed by atoms with Gasteiger partial charge in [0, 0.05) is 85.4 Å². The summed E-state index contributed by atoms with van der Waals surface area (Å²) in [5.41, 5.74) is 13.6. The molecule has 0 aromatic heterocycles. The van der Waals surface area contributed by atoms with E-state index in [4.69, 9.17) is 26.0 Å². The molecule has 0 radical (unpaired) electrons. The van der Waals surface area contributed by atoms with Gasteiger partial charge in [0.15, 0.2) is 24.4 Å². The van der Waals surface area contributed by atoms with E-state index in [9.17, 15) is 39.0 Å². The minimum Gasteiger partial charge on any atom is -0.384 e. The number of amidine groups is 1. The summed E-state index contributed by atoms with van der Waals surface area (Å²) in [6, 6.07) is 20.6. The molecule has 0 bridgehead atoms. The van der Waals surface area contributed by atoms with Crippen LogP contribution in [0.4, 0.5) is 22.7 Å². The molecule has 0 aliphatic carbocycles. The van der Waals surface area contributed by atoms with Crippen molar-refractivity contribution in [1.29, 1.82) is 10.8 Å². The quantitative estimate of drug-likeness (QED) is 0.0795. The third-order valence-corrected chi connectivity index (χ3v) is 12.4. The van der Waals surface area contributed by atoms with Gasteiger partial charge in [0.05, 0.1) is 13.2 Å². The maximum absolute atomic E-state index is 13.2. The Bertz CT molecular complexity index is 2550. The molecule has 4 aliphatic heterocycles. The highest BCUT2D eigenvalue weighted by Crippen LogP contribution is 2.31. The fourth-order valence-corrected chi connectivity index (χ4v) is 8.49. The van der Waals surface area contributed by atoms with E-state index in [1.807, 2.05) is 32.0 Å². The van der Waals surface area contributed by atoms with Gasteiger partial charge in [-0.1, -0.05) is 32.0 Å². The lowest BCUT2D eigenvalue weighted by molar-refractivity contribution is -0.150. The number of nitrogens with two attached hydrogens (primary N) is 1. The van der Waals surface area contributed by atoms with Gasteiger partial charge in [0.25, 0.3) is 35.4 Å². The van der Waals surface area contributed by atoms with E-state index < -0.39 is 48.0 Å². The predicted molar refractivity (Wildman–Crippen MR) is 268 cm³/mol. The van der Waals surface area contributed by atoms with Crippen LogP contribution in [-0.4, -0.2) is 132 Å². The van der Waals surface area contributed by atoms with Crippen LogP contribution in [0, 0.1) is 10.8 Å². The van der Waals surface area contributed by atoms with Crippen LogP contribution < -0.4 is 26.2 Å². The third kappa shape index (κ3) is 11.1. The van der Waals surface area contributed by atoms with Crippen LogP contribution in [0.15, 0.2) is 72.8 Å². The number of fused-ring (bicyclic) bond motifs is 2. The van der Waals surface area contributed by atoms with Gasteiger partial charge >= 0.3 is 0 Å². The summed E-state index contributed by atoms with van der Waals surface area (Å²) in [7, 11) is 3.43. The van der Waals surface area contributed by atoms with Crippen LogP contribution in [0.1, 0.15) is 74.9 Å². The number of nitrogen functional groups attached to an aromatic ring is 1. The van der Waals surface area contributed by atoms with E-state index in [0.717, 1.165) is 27.8 Å². The summed E-state index contributed by atoms with van der Waals surface area (Å²) in [4.78, 5) is 82.7. The van der Waals surface area contributed by atoms with Crippen molar-refractivity contribution in [3.8, 4) is 0 Å². The molecule has 0 saturated carbocycles. The number of aryl methyl sites for hydroxylation is 2. The summed E-state index contributed by atoms with van der Waals surface area (Å²) in [5, 5.41) is 42.1. The number of halogens is 2. The van der Waals surface area contributed by atoms with Gasteiger partial charge in [-0.2, -0.15) is 0 Å². The Morgan fingerprint density at radius 2 is 1.07 bits per heavy atom. The maximum atomic E-state index is 13.2. The van der Waals surface area contributed by atoms with Gasteiger partial charge < -0.3 is 61.1 Å². The van der Waals surface area contributed by atoms with Crippen molar-refractivity contribution in [1.82, 2.24) is 9.80 Å². The van der Waals surface area contributed by atoms with Crippen LogP contribution in [0.25, 0.3) is 0 Å². The molecule has 0 unspecified atom stereocenters. The number of hydrogen-bond donors (Lipinski definition) is 7. The van der Waals surface area contributed by atoms with E-state index in [1.165, 1.54) is 9.80 Å². The number of nitrogens with zero attached hydrogens (tertiary/aromatic N) is 4. The number of carbonyl (C=O) groups excluding carboxylic acids is 6. The molecule has 4 aromatic rings. The molecule has 8 rings (SSSR count). The Morgan fingerprint density at radius 3 is 1.46 bits per heavy atom. The van der Waals surface area contributed by atoms with E-state index in [-0.39, 0.29) is 68.8 Å². The molecule has 2 fully saturated rings. The zero-order chi connectivity index (χ0) is 49.1.